The lowest BCUT2D eigenvalue weighted by atomic mass is 9.99. The molecule has 104 valence electrons. The maximum absolute atomic E-state index is 14.3. The van der Waals surface area contributed by atoms with Gasteiger partial charge in [-0.05, 0) is 35.7 Å². The molecule has 0 aliphatic rings. The molecule has 0 heterocycles. The second kappa shape index (κ2) is 5.49. The highest BCUT2D eigenvalue weighted by molar-refractivity contribution is 5.71. The van der Waals surface area contributed by atoms with Crippen molar-refractivity contribution in [2.24, 2.45) is 0 Å². The number of halogens is 2. The molecule has 0 bridgehead atoms. The first-order valence-electron chi connectivity index (χ1n) is 6.76. The second-order valence-electron chi connectivity index (χ2n) is 5.04. The molecule has 3 aromatic rings. The molecule has 0 radical (unpaired) electrons. The first kappa shape index (κ1) is 13.5. The molecule has 21 heavy (non-hydrogen) atoms. The molecule has 0 unspecified atom stereocenters. The molecule has 0 saturated heterocycles. The highest BCUT2D eigenvalue weighted by Gasteiger charge is 2.10. The van der Waals surface area contributed by atoms with Gasteiger partial charge in [-0.2, -0.15) is 0 Å². The van der Waals surface area contributed by atoms with Gasteiger partial charge < -0.3 is 0 Å². The largest absolute Gasteiger partial charge is 0.206 e. The van der Waals surface area contributed by atoms with E-state index in [-0.39, 0.29) is 11.6 Å². The summed E-state index contributed by atoms with van der Waals surface area (Å²) in [5.41, 5.74) is 3.14. The van der Waals surface area contributed by atoms with Gasteiger partial charge in [0.1, 0.15) is 11.6 Å². The Hall–Kier alpha value is -2.48. The van der Waals surface area contributed by atoms with Gasteiger partial charge >= 0.3 is 0 Å². The minimum absolute atomic E-state index is 0.332. The van der Waals surface area contributed by atoms with Crippen molar-refractivity contribution in [3.05, 3.63) is 83.9 Å². The Bertz CT molecular complexity index is 777. The van der Waals surface area contributed by atoms with E-state index in [0.717, 1.165) is 11.1 Å². The Kier molecular flexibility index (Phi) is 3.53. The summed E-state index contributed by atoms with van der Waals surface area (Å²) in [7, 11) is 0. The van der Waals surface area contributed by atoms with Crippen LogP contribution in [0.15, 0.2) is 66.7 Å². The Balaban J connectivity index is 2.06. The van der Waals surface area contributed by atoms with Crippen molar-refractivity contribution in [2.45, 2.75) is 6.92 Å². The van der Waals surface area contributed by atoms with E-state index < -0.39 is 0 Å². The number of hydrogen-bond donors (Lipinski definition) is 0. The van der Waals surface area contributed by atoms with Crippen LogP contribution in [0.2, 0.25) is 0 Å². The Morgan fingerprint density at radius 3 is 1.90 bits per heavy atom. The van der Waals surface area contributed by atoms with Crippen LogP contribution >= 0.6 is 0 Å². The van der Waals surface area contributed by atoms with E-state index in [1.165, 1.54) is 12.1 Å². The van der Waals surface area contributed by atoms with Crippen LogP contribution in [0.1, 0.15) is 5.56 Å². The predicted octanol–water partition coefficient (Wildman–Crippen LogP) is 5.61. The van der Waals surface area contributed by atoms with Crippen LogP contribution in [-0.4, -0.2) is 0 Å². The van der Waals surface area contributed by atoms with Gasteiger partial charge in [-0.25, -0.2) is 8.78 Å². The molecule has 3 rings (SSSR count). The van der Waals surface area contributed by atoms with Crippen molar-refractivity contribution in [2.75, 3.05) is 0 Å². The van der Waals surface area contributed by atoms with Crippen LogP contribution < -0.4 is 0 Å². The van der Waals surface area contributed by atoms with Gasteiger partial charge in [0.25, 0.3) is 0 Å². The number of hydrogen-bond acceptors (Lipinski definition) is 0. The van der Waals surface area contributed by atoms with Crippen LogP contribution in [0.4, 0.5) is 8.78 Å². The number of rotatable bonds is 2. The fraction of sp³-hybridized carbons (Fsp3) is 0.0526. The Morgan fingerprint density at radius 2 is 1.24 bits per heavy atom. The Morgan fingerprint density at radius 1 is 0.619 bits per heavy atom. The summed E-state index contributed by atoms with van der Waals surface area (Å²) < 4.78 is 28.3. The van der Waals surface area contributed by atoms with E-state index in [9.17, 15) is 8.78 Å². The zero-order chi connectivity index (χ0) is 14.8. The topological polar surface area (TPSA) is 0 Å². The summed E-state index contributed by atoms with van der Waals surface area (Å²) in [4.78, 5) is 0. The molecule has 0 atom stereocenters. The standard InChI is InChI=1S/C19H14F2/c1-13-7-9-17(18(20)11-13)15-8-10-16(19(21)12-15)14-5-3-2-4-6-14/h2-12H,1H3. The highest BCUT2D eigenvalue weighted by Crippen LogP contribution is 2.29. The molecule has 2 heteroatoms. The SMILES string of the molecule is Cc1ccc(-c2ccc(-c3ccccc3)c(F)c2)c(F)c1. The summed E-state index contributed by atoms with van der Waals surface area (Å²) in [5, 5.41) is 0. The van der Waals surface area contributed by atoms with Crippen LogP contribution in [0.25, 0.3) is 22.3 Å². The van der Waals surface area contributed by atoms with Crippen LogP contribution in [-0.2, 0) is 0 Å². The summed E-state index contributed by atoms with van der Waals surface area (Å²) >= 11 is 0. The fourth-order valence-electron chi connectivity index (χ4n) is 2.39. The van der Waals surface area contributed by atoms with Crippen molar-refractivity contribution in [3.63, 3.8) is 0 Å². The van der Waals surface area contributed by atoms with Gasteiger partial charge in [0, 0.05) is 11.1 Å². The lowest BCUT2D eigenvalue weighted by molar-refractivity contribution is 0.626. The second-order valence-corrected chi connectivity index (χ2v) is 5.04. The van der Waals surface area contributed by atoms with E-state index in [0.29, 0.717) is 16.7 Å². The third-order valence-corrected chi connectivity index (χ3v) is 3.49. The summed E-state index contributed by atoms with van der Waals surface area (Å²) in [5.74, 6) is -0.680. The van der Waals surface area contributed by atoms with Gasteiger partial charge in [-0.1, -0.05) is 54.6 Å². The highest BCUT2D eigenvalue weighted by atomic mass is 19.1. The zero-order valence-electron chi connectivity index (χ0n) is 11.6. The quantitative estimate of drug-likeness (QED) is 0.572. The molecular formula is C19H14F2. The minimum Gasteiger partial charge on any atom is -0.206 e. The van der Waals surface area contributed by atoms with Crippen molar-refractivity contribution >= 4 is 0 Å². The molecule has 0 amide bonds. The van der Waals surface area contributed by atoms with Crippen molar-refractivity contribution in [1.29, 1.82) is 0 Å². The van der Waals surface area contributed by atoms with E-state index in [4.69, 9.17) is 0 Å². The summed E-state index contributed by atoms with van der Waals surface area (Å²) in [6, 6.07) is 19.1. The fourth-order valence-corrected chi connectivity index (χ4v) is 2.39. The van der Waals surface area contributed by atoms with Crippen LogP contribution in [0, 0.1) is 18.6 Å². The molecule has 0 N–H and O–H groups in total. The van der Waals surface area contributed by atoms with E-state index >= 15 is 0 Å². The average Bonchev–Trinajstić information content (AvgIpc) is 2.48. The average molecular weight is 280 g/mol. The van der Waals surface area contributed by atoms with Gasteiger partial charge in [0.2, 0.25) is 0 Å². The maximum Gasteiger partial charge on any atom is 0.131 e. The van der Waals surface area contributed by atoms with Crippen LogP contribution in [0.5, 0.6) is 0 Å². The normalized spacial score (nSPS) is 10.6. The van der Waals surface area contributed by atoms with E-state index in [2.05, 4.69) is 0 Å². The van der Waals surface area contributed by atoms with Crippen molar-refractivity contribution in [1.82, 2.24) is 0 Å². The molecule has 0 aromatic heterocycles. The number of aryl methyl sites for hydroxylation is 1. The van der Waals surface area contributed by atoms with E-state index in [1.54, 1.807) is 18.2 Å². The lowest BCUT2D eigenvalue weighted by Crippen LogP contribution is -1.89. The monoisotopic (exact) mass is 280 g/mol. The van der Waals surface area contributed by atoms with Gasteiger partial charge in [-0.3, -0.25) is 0 Å². The molecule has 0 aliphatic heterocycles. The third kappa shape index (κ3) is 2.70. The first-order valence-corrected chi connectivity index (χ1v) is 6.76. The summed E-state index contributed by atoms with van der Waals surface area (Å²) in [6.07, 6.45) is 0. The minimum atomic E-state index is -0.348. The zero-order valence-corrected chi connectivity index (χ0v) is 11.6. The molecule has 0 spiro atoms. The predicted molar refractivity (Wildman–Crippen MR) is 82.0 cm³/mol. The molecule has 0 saturated carbocycles. The van der Waals surface area contributed by atoms with Crippen molar-refractivity contribution < 1.29 is 8.78 Å². The molecule has 3 aromatic carbocycles. The van der Waals surface area contributed by atoms with Crippen molar-refractivity contribution in [3.8, 4) is 22.3 Å². The maximum atomic E-state index is 14.3. The molecule has 0 aliphatic carbocycles. The van der Waals surface area contributed by atoms with E-state index in [1.807, 2.05) is 43.3 Å². The summed E-state index contributed by atoms with van der Waals surface area (Å²) in [6.45, 7) is 1.83. The first-order chi connectivity index (χ1) is 10.1. The van der Waals surface area contributed by atoms with Gasteiger partial charge in [-0.15, -0.1) is 0 Å². The van der Waals surface area contributed by atoms with Gasteiger partial charge in [0.05, 0.1) is 0 Å². The van der Waals surface area contributed by atoms with Crippen LogP contribution in [0.3, 0.4) is 0 Å². The molecular weight excluding hydrogens is 266 g/mol. The molecule has 0 fully saturated rings. The smallest absolute Gasteiger partial charge is 0.131 e. The lowest BCUT2D eigenvalue weighted by Gasteiger charge is -2.08. The third-order valence-electron chi connectivity index (χ3n) is 3.49. The number of benzene rings is 3. The Labute approximate surface area is 122 Å². The molecule has 0 nitrogen and oxygen atoms in total. The van der Waals surface area contributed by atoms with Gasteiger partial charge in [0.15, 0.2) is 0 Å².